The minimum Gasteiger partial charge on any atom is -0.299 e. The number of rotatable bonds is 4. The van der Waals surface area contributed by atoms with Gasteiger partial charge < -0.3 is 0 Å². The summed E-state index contributed by atoms with van der Waals surface area (Å²) in [4.78, 5) is 8.69. The molecule has 1 N–H and O–H groups in total. The molecule has 0 saturated carbocycles. The van der Waals surface area contributed by atoms with Gasteiger partial charge in [-0.1, -0.05) is 6.07 Å². The largest absolute Gasteiger partial charge is 0.299 e. The number of hydrogen-bond donors (Lipinski definition) is 1. The smallest absolute Gasteiger partial charge is 0.160 e. The van der Waals surface area contributed by atoms with E-state index in [4.69, 9.17) is 0 Å². The maximum absolute atomic E-state index is 4.41. The molecule has 0 aliphatic carbocycles. The van der Waals surface area contributed by atoms with Crippen LogP contribution in [-0.2, 0) is 0 Å². The Morgan fingerprint density at radius 3 is 2.67 bits per heavy atom. The van der Waals surface area contributed by atoms with E-state index in [2.05, 4.69) is 39.3 Å². The highest BCUT2D eigenvalue weighted by molar-refractivity contribution is 5.37. The highest BCUT2D eigenvalue weighted by Gasteiger charge is 2.18. The Morgan fingerprint density at radius 1 is 1.05 bits per heavy atom. The van der Waals surface area contributed by atoms with Crippen LogP contribution in [0.3, 0.4) is 0 Å². The predicted octanol–water partition coefficient (Wildman–Crippen LogP) is 2.24. The molecule has 3 aromatic heterocycles. The number of nitrogens with zero attached hydrogens (tertiary/aromatic N) is 5. The SMILES string of the molecule is Cc1nccnc1C(C)NC(C)c1nnc2ccccn12. The van der Waals surface area contributed by atoms with Crippen LogP contribution in [0.5, 0.6) is 0 Å². The average molecular weight is 282 g/mol. The molecule has 0 fully saturated rings. The van der Waals surface area contributed by atoms with Gasteiger partial charge in [0.05, 0.1) is 17.4 Å². The Kier molecular flexibility index (Phi) is 3.62. The predicted molar refractivity (Wildman–Crippen MR) is 79.7 cm³/mol. The van der Waals surface area contributed by atoms with Crippen LogP contribution in [-0.4, -0.2) is 24.6 Å². The van der Waals surface area contributed by atoms with E-state index in [1.54, 1.807) is 12.4 Å². The number of hydrogen-bond acceptors (Lipinski definition) is 5. The molecular formula is C15H18N6. The Balaban J connectivity index is 1.83. The molecule has 2 atom stereocenters. The van der Waals surface area contributed by atoms with E-state index in [-0.39, 0.29) is 12.1 Å². The van der Waals surface area contributed by atoms with Crippen LogP contribution >= 0.6 is 0 Å². The summed E-state index contributed by atoms with van der Waals surface area (Å²) < 4.78 is 1.99. The van der Waals surface area contributed by atoms with Crippen LogP contribution in [0.1, 0.15) is 43.1 Å². The van der Waals surface area contributed by atoms with E-state index >= 15 is 0 Å². The first-order valence-electron chi connectivity index (χ1n) is 7.00. The lowest BCUT2D eigenvalue weighted by Gasteiger charge is -2.19. The van der Waals surface area contributed by atoms with Gasteiger partial charge in [0.1, 0.15) is 0 Å². The van der Waals surface area contributed by atoms with Crippen LogP contribution in [0, 0.1) is 6.92 Å². The van der Waals surface area contributed by atoms with Crippen LogP contribution < -0.4 is 5.32 Å². The Labute approximate surface area is 123 Å². The lowest BCUT2D eigenvalue weighted by atomic mass is 10.1. The molecule has 3 rings (SSSR count). The molecule has 2 unspecified atom stereocenters. The van der Waals surface area contributed by atoms with Crippen molar-refractivity contribution in [2.24, 2.45) is 0 Å². The second-order valence-electron chi connectivity index (χ2n) is 5.12. The summed E-state index contributed by atoms with van der Waals surface area (Å²) in [6, 6.07) is 6.02. The van der Waals surface area contributed by atoms with Gasteiger partial charge in [-0.3, -0.25) is 19.7 Å². The number of pyridine rings is 1. The normalized spacial score (nSPS) is 14.2. The molecule has 0 aliphatic rings. The van der Waals surface area contributed by atoms with Gasteiger partial charge in [-0.05, 0) is 32.9 Å². The minimum atomic E-state index is 0.0545. The van der Waals surface area contributed by atoms with Crippen LogP contribution in [0.25, 0.3) is 5.65 Å². The molecule has 0 spiro atoms. The van der Waals surface area contributed by atoms with Crippen molar-refractivity contribution in [1.82, 2.24) is 29.9 Å². The second kappa shape index (κ2) is 5.57. The van der Waals surface area contributed by atoms with E-state index in [1.165, 1.54) is 0 Å². The van der Waals surface area contributed by atoms with E-state index in [1.807, 2.05) is 35.7 Å². The summed E-state index contributed by atoms with van der Waals surface area (Å²) in [5.41, 5.74) is 2.75. The number of fused-ring (bicyclic) bond motifs is 1. The van der Waals surface area contributed by atoms with Gasteiger partial charge in [0.2, 0.25) is 0 Å². The van der Waals surface area contributed by atoms with Crippen LogP contribution in [0.4, 0.5) is 0 Å². The molecule has 3 aromatic rings. The quantitative estimate of drug-likeness (QED) is 0.795. The van der Waals surface area contributed by atoms with Crippen LogP contribution in [0.15, 0.2) is 36.8 Å². The fourth-order valence-corrected chi connectivity index (χ4v) is 2.53. The van der Waals surface area contributed by atoms with Gasteiger partial charge in [0.15, 0.2) is 11.5 Å². The molecule has 3 heterocycles. The molecule has 6 nitrogen and oxygen atoms in total. The van der Waals surface area contributed by atoms with Crippen molar-refractivity contribution < 1.29 is 0 Å². The summed E-state index contributed by atoms with van der Waals surface area (Å²) in [5, 5.41) is 12.0. The van der Waals surface area contributed by atoms with Gasteiger partial charge in [-0.25, -0.2) is 0 Å². The van der Waals surface area contributed by atoms with Gasteiger partial charge in [0, 0.05) is 24.6 Å². The van der Waals surface area contributed by atoms with E-state index in [0.717, 1.165) is 22.9 Å². The number of aromatic nitrogens is 5. The highest BCUT2D eigenvalue weighted by Crippen LogP contribution is 2.18. The average Bonchev–Trinajstić information content (AvgIpc) is 2.91. The molecule has 21 heavy (non-hydrogen) atoms. The second-order valence-corrected chi connectivity index (χ2v) is 5.12. The Bertz CT molecular complexity index is 751. The number of aryl methyl sites for hydroxylation is 1. The maximum atomic E-state index is 4.41. The first-order valence-corrected chi connectivity index (χ1v) is 7.00. The van der Waals surface area contributed by atoms with Crippen molar-refractivity contribution in [3.63, 3.8) is 0 Å². The maximum Gasteiger partial charge on any atom is 0.160 e. The van der Waals surface area contributed by atoms with Gasteiger partial charge in [0.25, 0.3) is 0 Å². The summed E-state index contributed by atoms with van der Waals surface area (Å²) in [5.74, 6) is 0.888. The summed E-state index contributed by atoms with van der Waals surface area (Å²) in [6.45, 7) is 6.13. The zero-order chi connectivity index (χ0) is 14.8. The first kappa shape index (κ1) is 13.6. The molecule has 6 heteroatoms. The zero-order valence-corrected chi connectivity index (χ0v) is 12.4. The summed E-state index contributed by atoms with van der Waals surface area (Å²) in [7, 11) is 0. The minimum absolute atomic E-state index is 0.0545. The molecular weight excluding hydrogens is 264 g/mol. The molecule has 0 bridgehead atoms. The van der Waals surface area contributed by atoms with Gasteiger partial charge in [-0.15, -0.1) is 10.2 Å². The zero-order valence-electron chi connectivity index (χ0n) is 12.4. The first-order chi connectivity index (χ1) is 10.2. The number of nitrogens with one attached hydrogen (secondary N) is 1. The molecule has 0 saturated heterocycles. The monoisotopic (exact) mass is 282 g/mol. The third kappa shape index (κ3) is 2.62. The molecule has 108 valence electrons. The van der Waals surface area contributed by atoms with Gasteiger partial charge in [-0.2, -0.15) is 0 Å². The van der Waals surface area contributed by atoms with Crippen molar-refractivity contribution >= 4 is 5.65 Å². The fourth-order valence-electron chi connectivity index (χ4n) is 2.53. The molecule has 0 aliphatic heterocycles. The van der Waals surface area contributed by atoms with E-state index in [0.29, 0.717) is 0 Å². The Morgan fingerprint density at radius 2 is 1.86 bits per heavy atom. The van der Waals surface area contributed by atoms with E-state index in [9.17, 15) is 0 Å². The highest BCUT2D eigenvalue weighted by atomic mass is 15.3. The topological polar surface area (TPSA) is 68.0 Å². The Hall–Kier alpha value is -2.34. The lowest BCUT2D eigenvalue weighted by molar-refractivity contribution is 0.463. The molecule has 0 amide bonds. The van der Waals surface area contributed by atoms with Crippen molar-refractivity contribution in [2.75, 3.05) is 0 Å². The van der Waals surface area contributed by atoms with Crippen molar-refractivity contribution in [3.8, 4) is 0 Å². The van der Waals surface area contributed by atoms with Crippen molar-refractivity contribution in [3.05, 3.63) is 54.0 Å². The summed E-state index contributed by atoms with van der Waals surface area (Å²) >= 11 is 0. The van der Waals surface area contributed by atoms with E-state index < -0.39 is 0 Å². The van der Waals surface area contributed by atoms with Crippen molar-refractivity contribution in [1.29, 1.82) is 0 Å². The van der Waals surface area contributed by atoms with Crippen molar-refractivity contribution in [2.45, 2.75) is 32.9 Å². The summed E-state index contributed by atoms with van der Waals surface area (Å²) in [6.07, 6.45) is 5.40. The third-order valence-electron chi connectivity index (χ3n) is 3.56. The molecule has 0 radical (unpaired) electrons. The standard InChI is InChI=1S/C15H18N6/c1-10-14(17-8-7-16-10)11(2)18-12(3)15-20-19-13-6-4-5-9-21(13)15/h4-9,11-12,18H,1-3H3. The van der Waals surface area contributed by atoms with Gasteiger partial charge >= 0.3 is 0 Å². The van der Waals surface area contributed by atoms with Crippen LogP contribution in [0.2, 0.25) is 0 Å². The third-order valence-corrected chi connectivity index (χ3v) is 3.56. The lowest BCUT2D eigenvalue weighted by Crippen LogP contribution is -2.25. The molecule has 0 aromatic carbocycles. The fraction of sp³-hybridized carbons (Fsp3) is 0.333.